The number of benzene rings is 1. The summed E-state index contributed by atoms with van der Waals surface area (Å²) in [7, 11) is 0. The molecule has 1 aromatic rings. The van der Waals surface area contributed by atoms with Crippen molar-refractivity contribution >= 4 is 15.9 Å². The summed E-state index contributed by atoms with van der Waals surface area (Å²) in [6, 6.07) is 6.29. The molecule has 3 heteroatoms. The van der Waals surface area contributed by atoms with Crippen LogP contribution in [-0.4, -0.2) is 18.3 Å². The lowest BCUT2D eigenvalue weighted by atomic mass is 10.1. The van der Waals surface area contributed by atoms with Gasteiger partial charge in [-0.05, 0) is 36.1 Å². The summed E-state index contributed by atoms with van der Waals surface area (Å²) < 4.78 is 1.12. The van der Waals surface area contributed by atoms with Crippen molar-refractivity contribution in [1.82, 2.24) is 5.32 Å². The van der Waals surface area contributed by atoms with Gasteiger partial charge in [0.1, 0.15) is 0 Å². The van der Waals surface area contributed by atoms with E-state index in [1.807, 2.05) is 6.92 Å². The van der Waals surface area contributed by atoms with Gasteiger partial charge in [-0.15, -0.1) is 0 Å². The molecule has 0 aliphatic heterocycles. The Hall–Kier alpha value is -0.380. The van der Waals surface area contributed by atoms with Crippen LogP contribution in [0.2, 0.25) is 0 Å². The molecule has 1 atom stereocenters. The topological polar surface area (TPSA) is 32.3 Å². The Labute approximate surface area is 99.8 Å². The Morgan fingerprint density at radius 1 is 1.47 bits per heavy atom. The molecule has 1 aromatic carbocycles. The van der Waals surface area contributed by atoms with Gasteiger partial charge in [0.15, 0.2) is 0 Å². The Morgan fingerprint density at radius 3 is 2.80 bits per heavy atom. The molecule has 0 fully saturated rings. The van der Waals surface area contributed by atoms with Gasteiger partial charge in [0.05, 0.1) is 0 Å². The number of nitrogens with one attached hydrogen (secondary N) is 1. The molecule has 0 saturated heterocycles. The lowest BCUT2D eigenvalue weighted by Crippen LogP contribution is -2.23. The van der Waals surface area contributed by atoms with Gasteiger partial charge < -0.3 is 10.4 Å². The van der Waals surface area contributed by atoms with Crippen molar-refractivity contribution in [3.8, 4) is 0 Å². The molecule has 0 radical (unpaired) electrons. The first kappa shape index (κ1) is 12.7. The molecule has 0 aliphatic carbocycles. The number of rotatable bonds is 5. The standard InChI is InChI=1S/C12H18BrNO/c1-9(8-15)6-14-7-11-3-4-12(13)5-10(11)2/h3-5,9,14-15H,6-8H2,1-2H3. The second-order valence-electron chi connectivity index (χ2n) is 3.99. The van der Waals surface area contributed by atoms with E-state index in [9.17, 15) is 0 Å². The molecule has 0 aromatic heterocycles. The van der Waals surface area contributed by atoms with Crippen LogP contribution in [0.1, 0.15) is 18.1 Å². The van der Waals surface area contributed by atoms with Crippen LogP contribution in [0.5, 0.6) is 0 Å². The third-order valence-electron chi connectivity index (χ3n) is 2.42. The van der Waals surface area contributed by atoms with Crippen molar-refractivity contribution in [2.45, 2.75) is 20.4 Å². The molecule has 1 unspecified atom stereocenters. The van der Waals surface area contributed by atoms with Gasteiger partial charge in [0.2, 0.25) is 0 Å². The van der Waals surface area contributed by atoms with Crippen LogP contribution in [0.3, 0.4) is 0 Å². The molecular formula is C12H18BrNO. The van der Waals surface area contributed by atoms with Crippen LogP contribution in [0.4, 0.5) is 0 Å². The van der Waals surface area contributed by atoms with Gasteiger partial charge in [-0.3, -0.25) is 0 Å². The number of hydrogen-bond acceptors (Lipinski definition) is 2. The van der Waals surface area contributed by atoms with E-state index in [1.165, 1.54) is 11.1 Å². The van der Waals surface area contributed by atoms with Crippen LogP contribution in [-0.2, 0) is 6.54 Å². The molecule has 84 valence electrons. The minimum atomic E-state index is 0.242. The first-order chi connectivity index (χ1) is 7.13. The quantitative estimate of drug-likeness (QED) is 0.863. The molecule has 2 nitrogen and oxygen atoms in total. The van der Waals surface area contributed by atoms with Gasteiger partial charge in [-0.25, -0.2) is 0 Å². The molecule has 0 saturated carbocycles. The average molecular weight is 272 g/mol. The summed E-state index contributed by atoms with van der Waals surface area (Å²) in [6.07, 6.45) is 0. The lowest BCUT2D eigenvalue weighted by Gasteiger charge is -2.11. The van der Waals surface area contributed by atoms with E-state index in [-0.39, 0.29) is 6.61 Å². The Kier molecular flexibility index (Phi) is 5.29. The summed E-state index contributed by atoms with van der Waals surface area (Å²) in [5.74, 6) is 0.320. The van der Waals surface area contributed by atoms with E-state index in [4.69, 9.17) is 5.11 Å². The van der Waals surface area contributed by atoms with Crippen LogP contribution >= 0.6 is 15.9 Å². The first-order valence-corrected chi connectivity index (χ1v) is 5.99. The largest absolute Gasteiger partial charge is 0.396 e. The Morgan fingerprint density at radius 2 is 2.20 bits per heavy atom. The van der Waals surface area contributed by atoms with Crippen LogP contribution < -0.4 is 5.32 Å². The van der Waals surface area contributed by atoms with Crippen molar-refractivity contribution in [1.29, 1.82) is 0 Å². The number of halogens is 1. The Balaban J connectivity index is 2.44. The maximum Gasteiger partial charge on any atom is 0.0468 e. The lowest BCUT2D eigenvalue weighted by molar-refractivity contribution is 0.233. The van der Waals surface area contributed by atoms with Gasteiger partial charge in [0, 0.05) is 24.2 Å². The molecule has 0 aliphatic rings. The number of aryl methyl sites for hydroxylation is 1. The summed E-state index contributed by atoms with van der Waals surface area (Å²) >= 11 is 3.45. The number of aliphatic hydroxyl groups excluding tert-OH is 1. The minimum Gasteiger partial charge on any atom is -0.396 e. The van der Waals surface area contributed by atoms with E-state index < -0.39 is 0 Å². The maximum atomic E-state index is 8.88. The molecule has 0 bridgehead atoms. The van der Waals surface area contributed by atoms with Crippen LogP contribution in [0, 0.1) is 12.8 Å². The van der Waals surface area contributed by atoms with E-state index in [1.54, 1.807) is 0 Å². The second-order valence-corrected chi connectivity index (χ2v) is 4.91. The highest BCUT2D eigenvalue weighted by Gasteiger charge is 2.01. The van der Waals surface area contributed by atoms with E-state index in [0.717, 1.165) is 17.6 Å². The van der Waals surface area contributed by atoms with Crippen LogP contribution in [0.25, 0.3) is 0 Å². The smallest absolute Gasteiger partial charge is 0.0468 e. The highest BCUT2D eigenvalue weighted by Crippen LogP contribution is 2.15. The van der Waals surface area contributed by atoms with Crippen molar-refractivity contribution in [3.63, 3.8) is 0 Å². The van der Waals surface area contributed by atoms with Gasteiger partial charge in [0.25, 0.3) is 0 Å². The Bertz CT molecular complexity index is 314. The van der Waals surface area contributed by atoms with Gasteiger partial charge in [-0.2, -0.15) is 0 Å². The fraction of sp³-hybridized carbons (Fsp3) is 0.500. The average Bonchev–Trinajstić information content (AvgIpc) is 2.21. The molecular weight excluding hydrogens is 254 g/mol. The highest BCUT2D eigenvalue weighted by atomic mass is 79.9. The third-order valence-corrected chi connectivity index (χ3v) is 2.92. The predicted octanol–water partition coefficient (Wildman–Crippen LogP) is 2.48. The zero-order valence-corrected chi connectivity index (χ0v) is 10.8. The highest BCUT2D eigenvalue weighted by molar-refractivity contribution is 9.10. The summed E-state index contributed by atoms with van der Waals surface area (Å²) in [5, 5.41) is 12.2. The fourth-order valence-corrected chi connectivity index (χ4v) is 1.85. The third kappa shape index (κ3) is 4.33. The first-order valence-electron chi connectivity index (χ1n) is 5.20. The van der Waals surface area contributed by atoms with Gasteiger partial charge in [-0.1, -0.05) is 28.9 Å². The number of hydrogen-bond donors (Lipinski definition) is 2. The maximum absolute atomic E-state index is 8.88. The molecule has 0 heterocycles. The normalized spacial score (nSPS) is 12.8. The van der Waals surface area contributed by atoms with Gasteiger partial charge >= 0.3 is 0 Å². The zero-order valence-electron chi connectivity index (χ0n) is 9.26. The van der Waals surface area contributed by atoms with E-state index >= 15 is 0 Å². The monoisotopic (exact) mass is 271 g/mol. The number of aliphatic hydroxyl groups is 1. The summed E-state index contributed by atoms with van der Waals surface area (Å²) in [4.78, 5) is 0. The molecule has 2 N–H and O–H groups in total. The van der Waals surface area contributed by atoms with Crippen LogP contribution in [0.15, 0.2) is 22.7 Å². The minimum absolute atomic E-state index is 0.242. The molecule has 0 amide bonds. The molecule has 0 spiro atoms. The van der Waals surface area contributed by atoms with E-state index in [0.29, 0.717) is 5.92 Å². The van der Waals surface area contributed by atoms with Crippen molar-refractivity contribution in [2.75, 3.05) is 13.2 Å². The van der Waals surface area contributed by atoms with Crippen molar-refractivity contribution in [3.05, 3.63) is 33.8 Å². The zero-order chi connectivity index (χ0) is 11.3. The summed E-state index contributed by atoms with van der Waals surface area (Å²) in [6.45, 7) is 6.10. The predicted molar refractivity (Wildman–Crippen MR) is 66.8 cm³/mol. The van der Waals surface area contributed by atoms with Crippen molar-refractivity contribution < 1.29 is 5.11 Å². The molecule has 1 rings (SSSR count). The summed E-state index contributed by atoms with van der Waals surface area (Å²) in [5.41, 5.74) is 2.59. The second kappa shape index (κ2) is 6.26. The fourth-order valence-electron chi connectivity index (χ4n) is 1.38. The van der Waals surface area contributed by atoms with Crippen molar-refractivity contribution in [2.24, 2.45) is 5.92 Å². The molecule has 15 heavy (non-hydrogen) atoms. The SMILES string of the molecule is Cc1cc(Br)ccc1CNCC(C)CO. The van der Waals surface area contributed by atoms with E-state index in [2.05, 4.69) is 46.4 Å².